The average Bonchev–Trinajstić information content (AvgIpc) is 3.33. The Hall–Kier alpha value is -1.89. The third-order valence-corrected chi connectivity index (χ3v) is 6.10. The second kappa shape index (κ2) is 8.42. The van der Waals surface area contributed by atoms with E-state index in [4.69, 9.17) is 10.5 Å². The number of hydrogen-bond acceptors (Lipinski definition) is 4. The first kappa shape index (κ1) is 18.5. The molecule has 1 aromatic carbocycles. The van der Waals surface area contributed by atoms with Gasteiger partial charge in [-0.3, -0.25) is 9.69 Å². The Bertz CT molecular complexity index is 782. The lowest BCUT2D eigenvalue weighted by molar-refractivity contribution is -0.120. The van der Waals surface area contributed by atoms with E-state index in [1.54, 1.807) is 0 Å². The molecule has 1 aliphatic carbocycles. The highest BCUT2D eigenvalue weighted by atomic mass is 16.5. The molecule has 1 saturated carbocycles. The van der Waals surface area contributed by atoms with E-state index < -0.39 is 0 Å². The fraction of sp³-hybridized carbons (Fsp3) is 0.571. The van der Waals surface area contributed by atoms with Crippen molar-refractivity contribution in [3.8, 4) is 0 Å². The predicted octanol–water partition coefficient (Wildman–Crippen LogP) is 2.29. The maximum atomic E-state index is 12.6. The summed E-state index contributed by atoms with van der Waals surface area (Å²) < 4.78 is 7.70. The fourth-order valence-corrected chi connectivity index (χ4v) is 4.45. The number of amides is 1. The molecule has 27 heavy (non-hydrogen) atoms. The van der Waals surface area contributed by atoms with Crippen LogP contribution in [0.25, 0.3) is 10.9 Å². The van der Waals surface area contributed by atoms with E-state index in [0.717, 1.165) is 69.7 Å². The van der Waals surface area contributed by atoms with E-state index >= 15 is 0 Å². The first-order valence-corrected chi connectivity index (χ1v) is 10.1. The van der Waals surface area contributed by atoms with Gasteiger partial charge in [-0.05, 0) is 49.6 Å². The number of rotatable bonds is 6. The van der Waals surface area contributed by atoms with Gasteiger partial charge < -0.3 is 20.4 Å². The van der Waals surface area contributed by atoms with E-state index in [9.17, 15) is 4.79 Å². The first-order chi connectivity index (χ1) is 13.2. The topological polar surface area (TPSA) is 72.5 Å². The van der Waals surface area contributed by atoms with Gasteiger partial charge in [-0.2, -0.15) is 0 Å². The van der Waals surface area contributed by atoms with Crippen LogP contribution < -0.4 is 11.1 Å². The summed E-state index contributed by atoms with van der Waals surface area (Å²) >= 11 is 0. The van der Waals surface area contributed by atoms with Crippen molar-refractivity contribution in [1.82, 2.24) is 9.47 Å². The third-order valence-electron chi connectivity index (χ3n) is 6.10. The van der Waals surface area contributed by atoms with E-state index in [-0.39, 0.29) is 11.8 Å². The Morgan fingerprint density at radius 1 is 1.19 bits per heavy atom. The van der Waals surface area contributed by atoms with Gasteiger partial charge in [-0.1, -0.05) is 6.42 Å². The summed E-state index contributed by atoms with van der Waals surface area (Å²) in [6.45, 7) is 6.30. The lowest BCUT2D eigenvalue weighted by Crippen LogP contribution is -2.38. The van der Waals surface area contributed by atoms with E-state index in [1.807, 2.05) is 6.07 Å². The van der Waals surface area contributed by atoms with Crippen molar-refractivity contribution in [1.29, 1.82) is 0 Å². The molecule has 2 atom stereocenters. The van der Waals surface area contributed by atoms with Gasteiger partial charge >= 0.3 is 0 Å². The number of benzene rings is 1. The second-order valence-corrected chi connectivity index (χ2v) is 7.76. The van der Waals surface area contributed by atoms with E-state index in [0.29, 0.717) is 12.5 Å². The molecule has 6 nitrogen and oxygen atoms in total. The largest absolute Gasteiger partial charge is 0.379 e. The molecule has 0 spiro atoms. The summed E-state index contributed by atoms with van der Waals surface area (Å²) in [6, 6.07) is 8.32. The van der Waals surface area contributed by atoms with Gasteiger partial charge in [0.25, 0.3) is 0 Å². The van der Waals surface area contributed by atoms with Crippen LogP contribution in [-0.4, -0.2) is 54.8 Å². The summed E-state index contributed by atoms with van der Waals surface area (Å²) in [5.41, 5.74) is 7.91. The second-order valence-electron chi connectivity index (χ2n) is 7.76. The molecule has 0 radical (unpaired) electrons. The highest BCUT2D eigenvalue weighted by Gasteiger charge is 2.31. The summed E-state index contributed by atoms with van der Waals surface area (Å²) in [4.78, 5) is 15.1. The zero-order chi connectivity index (χ0) is 18.6. The van der Waals surface area contributed by atoms with Crippen LogP contribution >= 0.6 is 0 Å². The minimum absolute atomic E-state index is 0.0591. The molecule has 1 aliphatic heterocycles. The highest BCUT2D eigenvalue weighted by molar-refractivity contribution is 5.95. The van der Waals surface area contributed by atoms with Gasteiger partial charge in [0.1, 0.15) is 0 Å². The number of aromatic nitrogens is 1. The Labute approximate surface area is 160 Å². The molecule has 1 aromatic heterocycles. The maximum Gasteiger partial charge on any atom is 0.227 e. The number of ether oxygens (including phenoxy) is 1. The number of nitrogens with zero attached hydrogens (tertiary/aromatic N) is 2. The van der Waals surface area contributed by atoms with Crippen LogP contribution in [0.5, 0.6) is 0 Å². The Morgan fingerprint density at radius 3 is 2.85 bits per heavy atom. The molecule has 6 heteroatoms. The van der Waals surface area contributed by atoms with Crippen molar-refractivity contribution in [3.63, 3.8) is 0 Å². The van der Waals surface area contributed by atoms with Gasteiger partial charge in [0.15, 0.2) is 0 Å². The summed E-state index contributed by atoms with van der Waals surface area (Å²) in [6.07, 6.45) is 5.26. The van der Waals surface area contributed by atoms with E-state index in [1.165, 1.54) is 5.52 Å². The molecule has 2 aliphatic rings. The normalized spacial score (nSPS) is 23.7. The number of fused-ring (bicyclic) bond motifs is 1. The smallest absolute Gasteiger partial charge is 0.227 e. The zero-order valence-corrected chi connectivity index (χ0v) is 15.9. The molecule has 146 valence electrons. The highest BCUT2D eigenvalue weighted by Crippen LogP contribution is 2.32. The number of nitrogens with one attached hydrogen (secondary N) is 1. The van der Waals surface area contributed by atoms with Crippen molar-refractivity contribution < 1.29 is 9.53 Å². The number of hydrogen-bond donors (Lipinski definition) is 2. The predicted molar refractivity (Wildman–Crippen MR) is 108 cm³/mol. The van der Waals surface area contributed by atoms with Crippen LogP contribution in [0.15, 0.2) is 30.5 Å². The molecule has 3 N–H and O–H groups in total. The Morgan fingerprint density at radius 2 is 2.04 bits per heavy atom. The zero-order valence-electron chi connectivity index (χ0n) is 15.9. The summed E-state index contributed by atoms with van der Waals surface area (Å²) in [5, 5.41) is 4.27. The molecule has 1 amide bonds. The molecule has 2 heterocycles. The van der Waals surface area contributed by atoms with Crippen LogP contribution in [0.1, 0.15) is 19.3 Å². The lowest BCUT2D eigenvalue weighted by atomic mass is 9.95. The van der Waals surface area contributed by atoms with E-state index in [2.05, 4.69) is 39.2 Å². The van der Waals surface area contributed by atoms with Gasteiger partial charge in [-0.15, -0.1) is 0 Å². The summed E-state index contributed by atoms with van der Waals surface area (Å²) in [5.74, 6) is 0.507. The van der Waals surface area contributed by atoms with Gasteiger partial charge in [-0.25, -0.2) is 0 Å². The van der Waals surface area contributed by atoms with Crippen molar-refractivity contribution in [2.45, 2.75) is 25.8 Å². The number of anilines is 1. The maximum absolute atomic E-state index is 12.6. The number of carbonyl (C=O) groups excluding carboxylic acids is 1. The van der Waals surface area contributed by atoms with Crippen LogP contribution in [0.2, 0.25) is 0 Å². The monoisotopic (exact) mass is 370 g/mol. The van der Waals surface area contributed by atoms with Crippen molar-refractivity contribution in [3.05, 3.63) is 30.5 Å². The quantitative estimate of drug-likeness (QED) is 0.818. The fourth-order valence-electron chi connectivity index (χ4n) is 4.45. The van der Waals surface area contributed by atoms with Crippen LogP contribution in [0.3, 0.4) is 0 Å². The average molecular weight is 370 g/mol. The Kier molecular flexibility index (Phi) is 5.76. The van der Waals surface area contributed by atoms with Crippen LogP contribution in [0.4, 0.5) is 5.69 Å². The number of nitrogens with two attached hydrogens (primary N) is 1. The van der Waals surface area contributed by atoms with Crippen molar-refractivity contribution in [2.75, 3.05) is 44.7 Å². The Balaban J connectivity index is 1.40. The van der Waals surface area contributed by atoms with Crippen molar-refractivity contribution >= 4 is 22.5 Å². The van der Waals surface area contributed by atoms with Crippen molar-refractivity contribution in [2.24, 2.45) is 17.6 Å². The molecule has 1 saturated heterocycles. The standard InChI is InChI=1S/C21H30N4O2/c22-15-17-2-1-3-19(17)21(26)23-18-4-5-20-16(14-18)6-7-25(20)9-8-24-10-12-27-13-11-24/h4-7,14,17,19H,1-3,8-13,15,22H2,(H,23,26)/t17-,19-/m1/s1. The lowest BCUT2D eigenvalue weighted by Gasteiger charge is -2.26. The van der Waals surface area contributed by atoms with Gasteiger partial charge in [0.2, 0.25) is 5.91 Å². The third kappa shape index (κ3) is 4.18. The SMILES string of the molecule is NC[C@H]1CCC[C@H]1C(=O)Nc1ccc2c(ccn2CCN2CCOCC2)c1. The molecular weight excluding hydrogens is 340 g/mol. The molecular formula is C21H30N4O2. The first-order valence-electron chi connectivity index (χ1n) is 10.1. The minimum Gasteiger partial charge on any atom is -0.379 e. The molecule has 0 bridgehead atoms. The summed E-state index contributed by atoms with van der Waals surface area (Å²) in [7, 11) is 0. The van der Waals surface area contributed by atoms with Gasteiger partial charge in [0.05, 0.1) is 13.2 Å². The van der Waals surface area contributed by atoms with Crippen LogP contribution in [0, 0.1) is 11.8 Å². The number of carbonyl (C=O) groups is 1. The van der Waals surface area contributed by atoms with Gasteiger partial charge in [0, 0.05) is 54.9 Å². The number of morpholine rings is 1. The minimum atomic E-state index is 0.0591. The molecule has 2 aromatic rings. The molecule has 2 fully saturated rings. The van der Waals surface area contributed by atoms with Crippen LogP contribution in [-0.2, 0) is 16.1 Å². The molecule has 4 rings (SSSR count). The molecule has 0 unspecified atom stereocenters.